The van der Waals surface area contributed by atoms with E-state index in [0.717, 1.165) is 6.07 Å². The number of ketones is 1. The first kappa shape index (κ1) is 14.3. The van der Waals surface area contributed by atoms with E-state index in [2.05, 4.69) is 20.7 Å². The Balaban J connectivity index is 2.98. The van der Waals surface area contributed by atoms with Gasteiger partial charge in [0.15, 0.2) is 0 Å². The van der Waals surface area contributed by atoms with E-state index < -0.39 is 16.9 Å². The number of benzene rings is 1. The zero-order valence-electron chi connectivity index (χ0n) is 8.52. The molecule has 0 aliphatic heterocycles. The maximum Gasteiger partial charge on any atom is 0.573 e. The van der Waals surface area contributed by atoms with Gasteiger partial charge in [0.1, 0.15) is 11.5 Å². The maximum absolute atomic E-state index is 12.0. The molecule has 1 unspecified atom stereocenters. The van der Waals surface area contributed by atoms with Crippen LogP contribution in [-0.4, -0.2) is 12.1 Å². The average Bonchev–Trinajstić information content (AvgIpc) is 2.18. The number of carbonyl (C=O) groups is 1. The Morgan fingerprint density at radius 2 is 2.06 bits per heavy atom. The van der Waals surface area contributed by atoms with E-state index in [-0.39, 0.29) is 10.8 Å². The first-order valence-electron chi connectivity index (χ1n) is 4.40. The van der Waals surface area contributed by atoms with Crippen molar-refractivity contribution in [2.24, 2.45) is 0 Å². The summed E-state index contributed by atoms with van der Waals surface area (Å²) < 4.78 is 39.6. The van der Waals surface area contributed by atoms with Crippen molar-refractivity contribution in [1.82, 2.24) is 0 Å². The SMILES string of the molecule is CC(=O)C(Br)c1ccc(OC(F)(F)F)c(Cl)c1. The number of hydrogen-bond donors (Lipinski definition) is 0. The molecule has 0 heterocycles. The highest BCUT2D eigenvalue weighted by atomic mass is 79.9. The normalized spacial score (nSPS) is 13.3. The highest BCUT2D eigenvalue weighted by Crippen LogP contribution is 2.34. The molecule has 1 atom stereocenters. The largest absolute Gasteiger partial charge is 0.573 e. The van der Waals surface area contributed by atoms with Gasteiger partial charge in [0.05, 0.1) is 9.85 Å². The van der Waals surface area contributed by atoms with Gasteiger partial charge >= 0.3 is 6.36 Å². The maximum atomic E-state index is 12.0. The average molecular weight is 332 g/mol. The quantitative estimate of drug-likeness (QED) is 0.774. The highest BCUT2D eigenvalue weighted by Gasteiger charge is 2.32. The summed E-state index contributed by atoms with van der Waals surface area (Å²) in [5.41, 5.74) is 0.469. The first-order chi connectivity index (χ1) is 7.70. The van der Waals surface area contributed by atoms with E-state index in [4.69, 9.17) is 11.6 Å². The lowest BCUT2D eigenvalue weighted by atomic mass is 10.1. The van der Waals surface area contributed by atoms with Crippen LogP contribution in [0.15, 0.2) is 18.2 Å². The number of halogens is 5. The van der Waals surface area contributed by atoms with Crippen LogP contribution < -0.4 is 4.74 Å². The van der Waals surface area contributed by atoms with E-state index in [0.29, 0.717) is 5.56 Å². The van der Waals surface area contributed by atoms with Gasteiger partial charge in [-0.3, -0.25) is 4.79 Å². The zero-order valence-corrected chi connectivity index (χ0v) is 10.9. The highest BCUT2D eigenvalue weighted by molar-refractivity contribution is 9.09. The predicted octanol–water partition coefficient (Wildman–Crippen LogP) is 4.26. The third-order valence-corrected chi connectivity index (χ3v) is 3.30. The predicted molar refractivity (Wildman–Crippen MR) is 60.5 cm³/mol. The molecule has 0 aromatic heterocycles. The number of ether oxygens (including phenoxy) is 1. The number of hydrogen-bond acceptors (Lipinski definition) is 2. The summed E-state index contributed by atoms with van der Waals surface area (Å²) in [5.74, 6) is -0.670. The second-order valence-electron chi connectivity index (χ2n) is 3.21. The molecule has 0 N–H and O–H groups in total. The van der Waals surface area contributed by atoms with Gasteiger partial charge < -0.3 is 4.74 Å². The molecule has 1 rings (SSSR count). The van der Waals surface area contributed by atoms with Crippen LogP contribution in [0.25, 0.3) is 0 Å². The van der Waals surface area contributed by atoms with Crippen molar-refractivity contribution in [3.63, 3.8) is 0 Å². The lowest BCUT2D eigenvalue weighted by molar-refractivity contribution is -0.274. The summed E-state index contributed by atoms with van der Waals surface area (Å²) in [6.07, 6.45) is -4.79. The van der Waals surface area contributed by atoms with Crippen LogP contribution in [0.5, 0.6) is 5.75 Å². The van der Waals surface area contributed by atoms with Gasteiger partial charge in [-0.1, -0.05) is 33.6 Å². The fourth-order valence-corrected chi connectivity index (χ4v) is 1.63. The molecule has 1 aromatic rings. The summed E-state index contributed by atoms with van der Waals surface area (Å²) in [6.45, 7) is 1.35. The number of carbonyl (C=O) groups excluding carboxylic acids is 1. The Labute approximate surface area is 109 Å². The lowest BCUT2D eigenvalue weighted by Crippen LogP contribution is -2.17. The molecule has 0 saturated carbocycles. The van der Waals surface area contributed by atoms with Gasteiger partial charge in [-0.05, 0) is 24.6 Å². The van der Waals surface area contributed by atoms with Crippen LogP contribution in [0, 0.1) is 0 Å². The summed E-state index contributed by atoms with van der Waals surface area (Å²) in [6, 6.07) is 3.67. The fraction of sp³-hybridized carbons (Fsp3) is 0.300. The van der Waals surface area contributed by atoms with Crippen molar-refractivity contribution in [3.8, 4) is 5.75 Å². The van der Waals surface area contributed by atoms with Crippen molar-refractivity contribution < 1.29 is 22.7 Å². The van der Waals surface area contributed by atoms with Gasteiger partial charge in [-0.15, -0.1) is 13.2 Å². The molecule has 0 saturated heterocycles. The molecule has 0 spiro atoms. The standard InChI is InChI=1S/C10H7BrClF3O2/c1-5(16)9(11)6-2-3-8(7(12)4-6)17-10(13,14)15/h2-4,9H,1H3. The van der Waals surface area contributed by atoms with Crippen molar-refractivity contribution in [1.29, 1.82) is 0 Å². The summed E-state index contributed by atoms with van der Waals surface area (Å²) >= 11 is 8.73. The summed E-state index contributed by atoms with van der Waals surface area (Å²) in [7, 11) is 0. The van der Waals surface area contributed by atoms with Gasteiger partial charge in [-0.2, -0.15) is 0 Å². The molecular weight excluding hydrogens is 324 g/mol. The van der Waals surface area contributed by atoms with E-state index in [9.17, 15) is 18.0 Å². The molecule has 1 aromatic carbocycles. The number of alkyl halides is 4. The number of rotatable bonds is 3. The van der Waals surface area contributed by atoms with E-state index in [1.807, 2.05) is 0 Å². The van der Waals surface area contributed by atoms with Gasteiger partial charge in [-0.25, -0.2) is 0 Å². The summed E-state index contributed by atoms with van der Waals surface area (Å²) in [4.78, 5) is 10.5. The minimum absolute atomic E-state index is 0.175. The third kappa shape index (κ3) is 4.20. The van der Waals surface area contributed by atoms with Crippen LogP contribution in [-0.2, 0) is 4.79 Å². The molecule has 0 amide bonds. The van der Waals surface area contributed by atoms with Gasteiger partial charge in [0.2, 0.25) is 0 Å². The second kappa shape index (κ2) is 5.27. The Morgan fingerprint density at radius 3 is 2.47 bits per heavy atom. The molecular formula is C10H7BrClF3O2. The van der Waals surface area contributed by atoms with E-state index in [1.54, 1.807) is 0 Å². The molecule has 0 radical (unpaired) electrons. The van der Waals surface area contributed by atoms with Crippen molar-refractivity contribution in [2.45, 2.75) is 18.1 Å². The minimum atomic E-state index is -4.79. The fourth-order valence-electron chi connectivity index (χ4n) is 1.12. The second-order valence-corrected chi connectivity index (χ2v) is 4.53. The minimum Gasteiger partial charge on any atom is -0.404 e. The van der Waals surface area contributed by atoms with Crippen molar-refractivity contribution in [2.75, 3.05) is 0 Å². The third-order valence-electron chi connectivity index (χ3n) is 1.83. The van der Waals surface area contributed by atoms with E-state index >= 15 is 0 Å². The van der Waals surface area contributed by atoms with Gasteiger partial charge in [0.25, 0.3) is 0 Å². The molecule has 0 aliphatic rings. The first-order valence-corrected chi connectivity index (χ1v) is 5.70. The molecule has 17 heavy (non-hydrogen) atoms. The zero-order chi connectivity index (χ0) is 13.2. The number of Topliss-reactive ketones (excluding diaryl/α,β-unsaturated/α-hetero) is 1. The van der Waals surface area contributed by atoms with E-state index in [1.165, 1.54) is 19.1 Å². The molecule has 2 nitrogen and oxygen atoms in total. The molecule has 0 fully saturated rings. The Hall–Kier alpha value is -0.750. The summed E-state index contributed by atoms with van der Waals surface area (Å²) in [5, 5.41) is -0.203. The van der Waals surface area contributed by atoms with Gasteiger partial charge in [0, 0.05) is 0 Å². The van der Waals surface area contributed by atoms with Crippen LogP contribution in [0.3, 0.4) is 0 Å². The Kier molecular flexibility index (Phi) is 4.43. The van der Waals surface area contributed by atoms with Crippen LogP contribution in [0.4, 0.5) is 13.2 Å². The smallest absolute Gasteiger partial charge is 0.404 e. The Bertz CT molecular complexity index is 434. The van der Waals surface area contributed by atoms with Crippen LogP contribution in [0.2, 0.25) is 5.02 Å². The topological polar surface area (TPSA) is 26.3 Å². The van der Waals surface area contributed by atoms with Crippen LogP contribution in [0.1, 0.15) is 17.3 Å². The molecule has 0 bridgehead atoms. The molecule has 94 valence electrons. The van der Waals surface area contributed by atoms with Crippen molar-refractivity contribution >= 4 is 33.3 Å². The Morgan fingerprint density at radius 1 is 1.47 bits per heavy atom. The molecule has 0 aliphatic carbocycles. The van der Waals surface area contributed by atoms with Crippen LogP contribution >= 0.6 is 27.5 Å². The lowest BCUT2D eigenvalue weighted by Gasteiger charge is -2.12. The molecule has 7 heteroatoms. The monoisotopic (exact) mass is 330 g/mol. The van der Waals surface area contributed by atoms with Crippen molar-refractivity contribution in [3.05, 3.63) is 28.8 Å².